The topological polar surface area (TPSA) is 58.2 Å². The zero-order chi connectivity index (χ0) is 16.7. The van der Waals surface area contributed by atoms with Crippen molar-refractivity contribution in [1.82, 2.24) is 10.6 Å². The van der Waals surface area contributed by atoms with Gasteiger partial charge in [-0.25, -0.2) is 0 Å². The molecule has 2 fully saturated rings. The first-order chi connectivity index (χ1) is 11.0. The molecule has 0 aromatic carbocycles. The summed E-state index contributed by atoms with van der Waals surface area (Å²) in [5, 5.41) is 5.93. The first kappa shape index (κ1) is 18.3. The Morgan fingerprint density at radius 1 is 0.652 bits per heavy atom. The molecule has 4 heteroatoms. The smallest absolute Gasteiger partial charge is 0.216 e. The summed E-state index contributed by atoms with van der Waals surface area (Å²) >= 11 is 0. The molecule has 4 nitrogen and oxygen atoms in total. The molecule has 2 saturated carbocycles. The summed E-state index contributed by atoms with van der Waals surface area (Å²) in [7, 11) is 0. The molecule has 0 unspecified atom stereocenters. The van der Waals surface area contributed by atoms with Gasteiger partial charge in [-0.3, -0.25) is 9.59 Å². The number of hydrogen-bond donors (Lipinski definition) is 2. The third kappa shape index (κ3) is 6.92. The molecule has 2 aliphatic rings. The van der Waals surface area contributed by atoms with Gasteiger partial charge in [0.15, 0.2) is 0 Å². The van der Waals surface area contributed by atoms with Gasteiger partial charge in [-0.15, -0.1) is 0 Å². The zero-order valence-corrected chi connectivity index (χ0v) is 14.9. The Balaban J connectivity index is 1.58. The normalized spacial score (nSPS) is 31.4. The SMILES string of the molecule is CC(=O)NCC1CCC(CC2CCC(CNC(C)=O)CC2)CC1. The van der Waals surface area contributed by atoms with Crippen molar-refractivity contribution < 1.29 is 9.59 Å². The summed E-state index contributed by atoms with van der Waals surface area (Å²) in [5.41, 5.74) is 0. The number of carbonyl (C=O) groups is 2. The van der Waals surface area contributed by atoms with Crippen molar-refractivity contribution in [2.45, 2.75) is 71.6 Å². The minimum atomic E-state index is 0.100. The van der Waals surface area contributed by atoms with E-state index in [0.29, 0.717) is 11.8 Å². The molecule has 0 saturated heterocycles. The second-order valence-electron chi connectivity index (χ2n) is 7.88. The van der Waals surface area contributed by atoms with E-state index >= 15 is 0 Å². The van der Waals surface area contributed by atoms with Crippen LogP contribution in [0.3, 0.4) is 0 Å². The molecule has 0 atom stereocenters. The van der Waals surface area contributed by atoms with Crippen molar-refractivity contribution >= 4 is 11.8 Å². The molecule has 2 rings (SSSR count). The Bertz CT molecular complexity index is 345. The second kappa shape index (κ2) is 9.29. The van der Waals surface area contributed by atoms with Crippen LogP contribution in [0.5, 0.6) is 0 Å². The average Bonchev–Trinajstić information content (AvgIpc) is 2.53. The summed E-state index contributed by atoms with van der Waals surface area (Å²) < 4.78 is 0. The van der Waals surface area contributed by atoms with Crippen LogP contribution in [-0.2, 0) is 9.59 Å². The maximum Gasteiger partial charge on any atom is 0.216 e. The van der Waals surface area contributed by atoms with Crippen LogP contribution in [0.4, 0.5) is 0 Å². The van der Waals surface area contributed by atoms with E-state index in [9.17, 15) is 9.59 Å². The molecule has 0 radical (unpaired) electrons. The largest absolute Gasteiger partial charge is 0.356 e. The summed E-state index contributed by atoms with van der Waals surface area (Å²) in [6, 6.07) is 0. The van der Waals surface area contributed by atoms with Gasteiger partial charge in [-0.05, 0) is 55.8 Å². The van der Waals surface area contributed by atoms with Gasteiger partial charge in [0.1, 0.15) is 0 Å². The first-order valence-electron chi connectivity index (χ1n) is 9.51. The lowest BCUT2D eigenvalue weighted by Gasteiger charge is -2.34. The van der Waals surface area contributed by atoms with Crippen LogP contribution < -0.4 is 10.6 Å². The number of nitrogens with one attached hydrogen (secondary N) is 2. The Hall–Kier alpha value is -1.06. The van der Waals surface area contributed by atoms with Gasteiger partial charge in [0, 0.05) is 26.9 Å². The fourth-order valence-corrected chi connectivity index (χ4v) is 4.39. The molecular formula is C19H34N2O2. The van der Waals surface area contributed by atoms with Gasteiger partial charge < -0.3 is 10.6 Å². The van der Waals surface area contributed by atoms with Crippen LogP contribution in [-0.4, -0.2) is 24.9 Å². The molecule has 0 spiro atoms. The third-order valence-corrected chi connectivity index (χ3v) is 5.88. The lowest BCUT2D eigenvalue weighted by atomic mass is 9.73. The molecule has 2 amide bonds. The molecule has 2 aliphatic carbocycles. The van der Waals surface area contributed by atoms with E-state index in [0.717, 1.165) is 24.9 Å². The molecule has 2 N–H and O–H groups in total. The van der Waals surface area contributed by atoms with E-state index in [2.05, 4.69) is 10.6 Å². The minimum absolute atomic E-state index is 0.100. The first-order valence-corrected chi connectivity index (χ1v) is 9.51. The highest BCUT2D eigenvalue weighted by Crippen LogP contribution is 2.38. The fourth-order valence-electron chi connectivity index (χ4n) is 4.39. The van der Waals surface area contributed by atoms with Crippen molar-refractivity contribution in [3.63, 3.8) is 0 Å². The maximum absolute atomic E-state index is 11.0. The summed E-state index contributed by atoms with van der Waals surface area (Å²) in [6.45, 7) is 4.95. The Labute approximate surface area is 141 Å². The van der Waals surface area contributed by atoms with Crippen LogP contribution in [0.15, 0.2) is 0 Å². The van der Waals surface area contributed by atoms with Crippen LogP contribution in [0.1, 0.15) is 71.6 Å². The average molecular weight is 322 g/mol. The predicted octanol–water partition coefficient (Wildman–Crippen LogP) is 3.26. The van der Waals surface area contributed by atoms with Gasteiger partial charge in [-0.1, -0.05) is 25.7 Å². The molecular weight excluding hydrogens is 288 g/mol. The van der Waals surface area contributed by atoms with Crippen molar-refractivity contribution in [2.75, 3.05) is 13.1 Å². The molecule has 0 bridgehead atoms. The van der Waals surface area contributed by atoms with E-state index in [1.165, 1.54) is 57.8 Å². The predicted molar refractivity (Wildman–Crippen MR) is 92.9 cm³/mol. The minimum Gasteiger partial charge on any atom is -0.356 e. The highest BCUT2D eigenvalue weighted by atomic mass is 16.2. The van der Waals surface area contributed by atoms with E-state index in [4.69, 9.17) is 0 Å². The van der Waals surface area contributed by atoms with Crippen LogP contribution in [0, 0.1) is 23.7 Å². The van der Waals surface area contributed by atoms with Crippen molar-refractivity contribution in [1.29, 1.82) is 0 Å². The van der Waals surface area contributed by atoms with Gasteiger partial charge in [0.25, 0.3) is 0 Å². The Kier molecular flexibility index (Phi) is 7.38. The quantitative estimate of drug-likeness (QED) is 0.788. The lowest BCUT2D eigenvalue weighted by Crippen LogP contribution is -2.31. The Morgan fingerprint density at radius 2 is 0.957 bits per heavy atom. The molecule has 0 heterocycles. The molecule has 0 aromatic rings. The van der Waals surface area contributed by atoms with Crippen molar-refractivity contribution in [3.05, 3.63) is 0 Å². The van der Waals surface area contributed by atoms with Crippen LogP contribution in [0.25, 0.3) is 0 Å². The summed E-state index contributed by atoms with van der Waals surface area (Å²) in [4.78, 5) is 22.0. The van der Waals surface area contributed by atoms with E-state index in [-0.39, 0.29) is 11.8 Å². The van der Waals surface area contributed by atoms with Gasteiger partial charge in [-0.2, -0.15) is 0 Å². The highest BCUT2D eigenvalue weighted by Gasteiger charge is 2.27. The zero-order valence-electron chi connectivity index (χ0n) is 14.9. The van der Waals surface area contributed by atoms with Crippen molar-refractivity contribution in [2.24, 2.45) is 23.7 Å². The summed E-state index contributed by atoms with van der Waals surface area (Å²) in [5.74, 6) is 3.40. The lowest BCUT2D eigenvalue weighted by molar-refractivity contribution is -0.120. The number of hydrogen-bond acceptors (Lipinski definition) is 2. The van der Waals surface area contributed by atoms with E-state index in [1.54, 1.807) is 13.8 Å². The van der Waals surface area contributed by atoms with E-state index in [1.807, 2.05) is 0 Å². The second-order valence-corrected chi connectivity index (χ2v) is 7.88. The standard InChI is InChI=1S/C19H34N2O2/c1-14(22)20-12-18-7-3-16(4-8-18)11-17-5-9-19(10-6-17)13-21-15(2)23/h16-19H,3-13H2,1-2H3,(H,20,22)(H,21,23). The van der Waals surface area contributed by atoms with Crippen LogP contribution in [0.2, 0.25) is 0 Å². The monoisotopic (exact) mass is 322 g/mol. The fraction of sp³-hybridized carbons (Fsp3) is 0.895. The number of rotatable bonds is 6. The van der Waals surface area contributed by atoms with Gasteiger partial charge in [0.2, 0.25) is 11.8 Å². The number of amides is 2. The Morgan fingerprint density at radius 3 is 1.26 bits per heavy atom. The van der Waals surface area contributed by atoms with Crippen molar-refractivity contribution in [3.8, 4) is 0 Å². The number of carbonyl (C=O) groups excluding carboxylic acids is 2. The van der Waals surface area contributed by atoms with Crippen LogP contribution >= 0.6 is 0 Å². The molecule has 132 valence electrons. The highest BCUT2D eigenvalue weighted by molar-refractivity contribution is 5.73. The van der Waals surface area contributed by atoms with Gasteiger partial charge in [0.05, 0.1) is 0 Å². The van der Waals surface area contributed by atoms with Gasteiger partial charge >= 0.3 is 0 Å². The van der Waals surface area contributed by atoms with E-state index < -0.39 is 0 Å². The molecule has 0 aromatic heterocycles. The molecule has 23 heavy (non-hydrogen) atoms. The maximum atomic E-state index is 11.0. The summed E-state index contributed by atoms with van der Waals surface area (Å²) in [6.07, 6.45) is 11.9. The molecule has 0 aliphatic heterocycles. The third-order valence-electron chi connectivity index (χ3n) is 5.88.